The molecule has 2 unspecified atom stereocenters. The van der Waals surface area contributed by atoms with Gasteiger partial charge < -0.3 is 10.4 Å². The minimum absolute atomic E-state index is 0.106. The lowest BCUT2D eigenvalue weighted by atomic mass is 9.94. The number of hydrogen-bond acceptors (Lipinski definition) is 2. The first kappa shape index (κ1) is 18.5. The van der Waals surface area contributed by atoms with Crippen LogP contribution in [-0.4, -0.2) is 17.6 Å². The first-order valence-corrected chi connectivity index (χ1v) is 7.23. The number of aliphatic hydroxyl groups excluding tert-OH is 1. The number of benzene rings is 1. The number of aliphatic hydroxyl groups is 1. The molecule has 0 aromatic heterocycles. The third-order valence-electron chi connectivity index (χ3n) is 3.74. The first-order chi connectivity index (χ1) is 10.1. The summed E-state index contributed by atoms with van der Waals surface area (Å²) in [5, 5.41) is 12.5. The third kappa shape index (κ3) is 5.67. The van der Waals surface area contributed by atoms with E-state index in [4.69, 9.17) is 0 Å². The van der Waals surface area contributed by atoms with Crippen molar-refractivity contribution in [2.24, 2.45) is 11.8 Å². The fraction of sp³-hybridized carbons (Fsp3) is 0.562. The van der Waals surface area contributed by atoms with Crippen molar-refractivity contribution >= 4 is 5.91 Å². The van der Waals surface area contributed by atoms with E-state index in [0.717, 1.165) is 12.1 Å². The Morgan fingerprint density at radius 2 is 1.91 bits per heavy atom. The summed E-state index contributed by atoms with van der Waals surface area (Å²) in [5.41, 5.74) is -0.684. The first-order valence-electron chi connectivity index (χ1n) is 7.23. The Kier molecular flexibility index (Phi) is 6.41. The van der Waals surface area contributed by atoms with Crippen LogP contribution in [0.25, 0.3) is 0 Å². The van der Waals surface area contributed by atoms with Crippen molar-refractivity contribution in [2.45, 2.75) is 39.5 Å². The number of nitrogens with one attached hydrogen (secondary N) is 1. The Morgan fingerprint density at radius 1 is 1.27 bits per heavy atom. The smallest absolute Gasteiger partial charge is 0.387 e. The van der Waals surface area contributed by atoms with Crippen LogP contribution < -0.4 is 5.32 Å². The normalized spacial score (nSPS) is 14.7. The van der Waals surface area contributed by atoms with E-state index in [2.05, 4.69) is 5.32 Å². The molecule has 124 valence electrons. The second-order valence-corrected chi connectivity index (χ2v) is 5.87. The van der Waals surface area contributed by atoms with E-state index in [1.54, 1.807) is 0 Å². The molecule has 2 atom stereocenters. The predicted octanol–water partition coefficient (Wildman–Crippen LogP) is 3.54. The highest BCUT2D eigenvalue weighted by atomic mass is 19.4. The molecule has 1 aromatic rings. The highest BCUT2D eigenvalue weighted by Crippen LogP contribution is 2.30. The zero-order valence-electron chi connectivity index (χ0n) is 12.9. The quantitative estimate of drug-likeness (QED) is 0.843. The van der Waals surface area contributed by atoms with Gasteiger partial charge in [0.15, 0.2) is 0 Å². The van der Waals surface area contributed by atoms with E-state index < -0.39 is 17.8 Å². The van der Waals surface area contributed by atoms with Gasteiger partial charge in [-0.2, -0.15) is 13.2 Å². The topological polar surface area (TPSA) is 49.3 Å². The highest BCUT2D eigenvalue weighted by molar-refractivity contribution is 5.76. The number of halogens is 3. The molecule has 3 nitrogen and oxygen atoms in total. The zero-order valence-corrected chi connectivity index (χ0v) is 12.9. The van der Waals surface area contributed by atoms with Crippen molar-refractivity contribution in [3.63, 3.8) is 0 Å². The second-order valence-electron chi connectivity index (χ2n) is 5.87. The predicted molar refractivity (Wildman–Crippen MR) is 78.0 cm³/mol. The zero-order chi connectivity index (χ0) is 16.9. The molecule has 0 aliphatic carbocycles. The van der Waals surface area contributed by atoms with Crippen molar-refractivity contribution in [2.75, 3.05) is 6.54 Å². The minimum atomic E-state index is -4.45. The van der Waals surface area contributed by atoms with Gasteiger partial charge in [-0.3, -0.25) is 4.79 Å². The lowest BCUT2D eigenvalue weighted by Gasteiger charge is -2.17. The molecule has 1 rings (SSSR count). The van der Waals surface area contributed by atoms with E-state index in [1.165, 1.54) is 12.1 Å². The SMILES string of the molecule is CC(C)C(C)CC(=O)NCC(O)c1cccc(C(F)(F)F)c1. The molecule has 1 amide bonds. The van der Waals surface area contributed by atoms with E-state index >= 15 is 0 Å². The van der Waals surface area contributed by atoms with Crippen LogP contribution in [0.5, 0.6) is 0 Å². The molecule has 0 heterocycles. The van der Waals surface area contributed by atoms with Gasteiger partial charge in [0.1, 0.15) is 0 Å². The summed E-state index contributed by atoms with van der Waals surface area (Å²) in [4.78, 5) is 11.7. The molecule has 0 saturated carbocycles. The summed E-state index contributed by atoms with van der Waals surface area (Å²) in [7, 11) is 0. The van der Waals surface area contributed by atoms with Gasteiger partial charge in [0, 0.05) is 13.0 Å². The summed E-state index contributed by atoms with van der Waals surface area (Å²) >= 11 is 0. The number of rotatable bonds is 6. The Morgan fingerprint density at radius 3 is 2.45 bits per heavy atom. The van der Waals surface area contributed by atoms with E-state index in [-0.39, 0.29) is 23.9 Å². The lowest BCUT2D eigenvalue weighted by Crippen LogP contribution is -2.30. The van der Waals surface area contributed by atoms with Gasteiger partial charge in [0.2, 0.25) is 5.91 Å². The number of hydrogen-bond donors (Lipinski definition) is 2. The van der Waals surface area contributed by atoms with Crippen molar-refractivity contribution in [1.29, 1.82) is 0 Å². The van der Waals surface area contributed by atoms with Crippen LogP contribution in [0.1, 0.15) is 44.4 Å². The number of carbonyl (C=O) groups excluding carboxylic acids is 1. The monoisotopic (exact) mass is 317 g/mol. The summed E-state index contributed by atoms with van der Waals surface area (Å²) in [6, 6.07) is 4.49. The average molecular weight is 317 g/mol. The van der Waals surface area contributed by atoms with Gasteiger partial charge >= 0.3 is 6.18 Å². The average Bonchev–Trinajstić information content (AvgIpc) is 2.43. The van der Waals surface area contributed by atoms with Crippen molar-refractivity contribution in [3.05, 3.63) is 35.4 Å². The van der Waals surface area contributed by atoms with Gasteiger partial charge in [0.25, 0.3) is 0 Å². The fourth-order valence-corrected chi connectivity index (χ4v) is 1.85. The van der Waals surface area contributed by atoms with Crippen LogP contribution in [-0.2, 0) is 11.0 Å². The molecule has 0 aliphatic rings. The van der Waals surface area contributed by atoms with Crippen LogP contribution >= 0.6 is 0 Å². The molecule has 2 N–H and O–H groups in total. The molecule has 1 aromatic carbocycles. The molecule has 0 saturated heterocycles. The molecule has 0 spiro atoms. The van der Waals surface area contributed by atoms with Crippen LogP contribution in [0.4, 0.5) is 13.2 Å². The fourth-order valence-electron chi connectivity index (χ4n) is 1.85. The van der Waals surface area contributed by atoms with Crippen molar-refractivity contribution in [1.82, 2.24) is 5.32 Å². The van der Waals surface area contributed by atoms with Crippen LogP contribution in [0, 0.1) is 11.8 Å². The lowest BCUT2D eigenvalue weighted by molar-refractivity contribution is -0.137. The van der Waals surface area contributed by atoms with Crippen LogP contribution in [0.3, 0.4) is 0 Å². The summed E-state index contributed by atoms with van der Waals surface area (Å²) in [6.45, 7) is 5.86. The summed E-state index contributed by atoms with van der Waals surface area (Å²) in [6.07, 6.45) is -5.29. The molecular weight excluding hydrogens is 295 g/mol. The third-order valence-corrected chi connectivity index (χ3v) is 3.74. The second kappa shape index (κ2) is 7.63. The molecule has 6 heteroatoms. The molecule has 0 aliphatic heterocycles. The van der Waals surface area contributed by atoms with Gasteiger partial charge in [-0.1, -0.05) is 32.9 Å². The van der Waals surface area contributed by atoms with E-state index in [1.807, 2.05) is 20.8 Å². The minimum Gasteiger partial charge on any atom is -0.387 e. The maximum atomic E-state index is 12.6. The molecular formula is C16H22F3NO2. The van der Waals surface area contributed by atoms with Crippen molar-refractivity contribution < 1.29 is 23.1 Å². The van der Waals surface area contributed by atoms with E-state index in [9.17, 15) is 23.1 Å². The molecule has 0 radical (unpaired) electrons. The van der Waals surface area contributed by atoms with Crippen LogP contribution in [0.2, 0.25) is 0 Å². The van der Waals surface area contributed by atoms with E-state index in [0.29, 0.717) is 12.3 Å². The van der Waals surface area contributed by atoms with Crippen molar-refractivity contribution in [3.8, 4) is 0 Å². The van der Waals surface area contributed by atoms with Gasteiger partial charge in [-0.25, -0.2) is 0 Å². The van der Waals surface area contributed by atoms with Crippen LogP contribution in [0.15, 0.2) is 24.3 Å². The molecule has 0 bridgehead atoms. The largest absolute Gasteiger partial charge is 0.416 e. The van der Waals surface area contributed by atoms with Gasteiger partial charge in [-0.15, -0.1) is 0 Å². The summed E-state index contributed by atoms with van der Waals surface area (Å²) in [5.74, 6) is 0.345. The molecule has 22 heavy (non-hydrogen) atoms. The summed E-state index contributed by atoms with van der Waals surface area (Å²) < 4.78 is 37.8. The maximum Gasteiger partial charge on any atom is 0.416 e. The molecule has 0 fully saturated rings. The van der Waals surface area contributed by atoms with Gasteiger partial charge in [-0.05, 0) is 29.5 Å². The number of carbonyl (C=O) groups is 1. The Balaban J connectivity index is 2.59. The Hall–Kier alpha value is -1.56. The van der Waals surface area contributed by atoms with Gasteiger partial charge in [0.05, 0.1) is 11.7 Å². The Bertz CT molecular complexity index is 500. The standard InChI is InChI=1S/C16H22F3NO2/c1-10(2)11(3)7-15(22)20-9-14(21)12-5-4-6-13(8-12)16(17,18)19/h4-6,8,10-11,14,21H,7,9H2,1-3H3,(H,20,22). The number of alkyl halides is 3. The number of amides is 1. The maximum absolute atomic E-state index is 12.6. The highest BCUT2D eigenvalue weighted by Gasteiger charge is 2.30. The Labute approximate surface area is 128 Å².